The molecule has 0 bridgehead atoms. The van der Waals surface area contributed by atoms with Crippen molar-refractivity contribution in [2.75, 3.05) is 58.7 Å². The average Bonchev–Trinajstić information content (AvgIpc) is 3.28. The molecule has 1 saturated heterocycles. The Morgan fingerprint density at radius 2 is 1.81 bits per heavy atom. The summed E-state index contributed by atoms with van der Waals surface area (Å²) in [6, 6.07) is -0.913. The largest absolute Gasteiger partial charge is 0.490 e. The molecule has 0 aromatic heterocycles. The molecule has 23 heteroatoms. The van der Waals surface area contributed by atoms with Gasteiger partial charge in [-0.2, -0.15) is 14.4 Å². The molecule has 0 aromatic carbocycles. The van der Waals surface area contributed by atoms with Crippen molar-refractivity contribution < 1.29 is 65.4 Å². The number of nitrogens with one attached hydrogen (secondary N) is 3. The Balaban J connectivity index is 2.20. The van der Waals surface area contributed by atoms with Crippen LogP contribution in [0.4, 0.5) is 4.79 Å². The highest BCUT2D eigenvalue weighted by molar-refractivity contribution is 8.76. The van der Waals surface area contributed by atoms with Crippen LogP contribution in [0.1, 0.15) is 25.7 Å². The summed E-state index contributed by atoms with van der Waals surface area (Å²) in [7, 11) is -8.15. The van der Waals surface area contributed by atoms with Gasteiger partial charge >= 0.3 is 29.5 Å². The second kappa shape index (κ2) is 21.6. The minimum absolute atomic E-state index is 0.0794. The molecule has 0 aromatic rings. The summed E-state index contributed by atoms with van der Waals surface area (Å²) in [6.07, 6.45) is 1.44. The average molecular weight is 700 g/mol. The van der Waals surface area contributed by atoms with E-state index in [1.54, 1.807) is 21.6 Å². The van der Waals surface area contributed by atoms with Crippen molar-refractivity contribution in [3.05, 3.63) is 0 Å². The Morgan fingerprint density at radius 1 is 1.05 bits per heavy atom. The van der Waals surface area contributed by atoms with Gasteiger partial charge in [0.2, 0.25) is 0 Å². The van der Waals surface area contributed by atoms with Crippen LogP contribution in [-0.2, 0) is 41.1 Å². The number of carbonyl (C=O) groups is 1. The number of ether oxygens (including phenoxy) is 3. The van der Waals surface area contributed by atoms with E-state index in [-0.39, 0.29) is 12.6 Å². The number of methoxy groups -OCH3 is 1. The van der Waals surface area contributed by atoms with Crippen molar-refractivity contribution in [1.29, 1.82) is 0 Å². The van der Waals surface area contributed by atoms with Crippen molar-refractivity contribution in [3.8, 4) is 11.7 Å². The summed E-state index contributed by atoms with van der Waals surface area (Å²) in [6.45, 7) is 1.62. The maximum absolute atomic E-state index is 11.9. The molecule has 1 radical (unpaired) electrons. The normalized spacial score (nSPS) is 21.5. The minimum Gasteiger partial charge on any atom is -0.379 e. The van der Waals surface area contributed by atoms with Gasteiger partial charge in [-0.15, -0.1) is 0 Å². The van der Waals surface area contributed by atoms with Gasteiger partial charge in [0.05, 0.1) is 19.3 Å². The summed E-state index contributed by atoms with van der Waals surface area (Å²) < 4.78 is 62.4. The quantitative estimate of drug-likeness (QED) is 0.0209. The molecule has 1 aliphatic rings. The van der Waals surface area contributed by atoms with Gasteiger partial charge in [-0.1, -0.05) is 27.5 Å². The van der Waals surface area contributed by atoms with Crippen LogP contribution in [0.2, 0.25) is 0 Å². The van der Waals surface area contributed by atoms with Gasteiger partial charge in [0, 0.05) is 38.6 Å². The highest BCUT2D eigenvalue weighted by Gasteiger charge is 2.42. The highest BCUT2D eigenvalue weighted by atomic mass is 33.1. The van der Waals surface area contributed by atoms with E-state index in [0.29, 0.717) is 25.5 Å². The summed E-state index contributed by atoms with van der Waals surface area (Å²) in [5.74, 6) is 7.17. The molecule has 0 spiro atoms. The molecule has 42 heavy (non-hydrogen) atoms. The van der Waals surface area contributed by atoms with E-state index in [1.807, 2.05) is 7.05 Å². The zero-order valence-electron chi connectivity index (χ0n) is 23.1. The lowest BCUT2D eigenvalue weighted by Gasteiger charge is -2.20. The van der Waals surface area contributed by atoms with E-state index < -0.39 is 48.3 Å². The predicted molar refractivity (Wildman–Crippen MR) is 157 cm³/mol. The molecule has 17 nitrogen and oxygen atoms in total. The highest BCUT2D eigenvalue weighted by Crippen LogP contribution is 2.66. The second-order valence-corrected chi connectivity index (χ2v) is 15.3. The number of unbranched alkanes of at least 4 members (excludes halogenated alkanes) is 2. The number of rotatable bonds is 22. The molecule has 0 aliphatic carbocycles. The van der Waals surface area contributed by atoms with E-state index in [0.717, 1.165) is 31.6 Å². The summed E-state index contributed by atoms with van der Waals surface area (Å²) in [4.78, 5) is 47.8. The zero-order chi connectivity index (χ0) is 31.5. The molecule has 1 rings (SSSR count). The third-order valence-electron chi connectivity index (χ3n) is 4.96. The first-order valence-electron chi connectivity index (χ1n) is 12.5. The number of phosphoric acid groups is 3. The SMILES string of the molecule is CNCCSSCOCCCCCNC(=O)NCC#C[B][C@H]1C[C@H](OC)[C@@H](COP(=O)(O)OP(=O)(O)OP(=O)(O)O)O1. The topological polar surface area (TPSA) is 241 Å². The molecule has 7 N–H and O–H groups in total. The number of carbonyl (C=O) groups excluding carboxylic acids is 1. The van der Waals surface area contributed by atoms with Crippen LogP contribution in [0, 0.1) is 11.7 Å². The number of hydrogen-bond donors (Lipinski definition) is 7. The Labute approximate surface area is 253 Å². The van der Waals surface area contributed by atoms with Gasteiger partial charge in [0.25, 0.3) is 7.28 Å². The van der Waals surface area contributed by atoms with Gasteiger partial charge in [-0.25, -0.2) is 18.5 Å². The lowest BCUT2D eigenvalue weighted by molar-refractivity contribution is -0.0204. The van der Waals surface area contributed by atoms with Crippen molar-refractivity contribution in [2.24, 2.45) is 0 Å². The molecule has 2 amide bonds. The fourth-order valence-corrected chi connectivity index (χ4v) is 7.85. The third-order valence-corrected chi connectivity index (χ3v) is 10.9. The standard InChI is InChI=1S/C19H38BN3O14P3S2/c1-21-10-12-41-42-15-33-11-5-3-4-8-22-19(24)23-9-6-7-20-18-13-16(32-2)17(35-18)14-34-39(28,29)37-40(30,31)36-38(25,26)27/h16-18,21H,3-5,8-15H2,1-2H3,(H,28,29)(H,30,31)(H2,22,23,24)(H2,25,26,27)/t16-,17+,18+/m0/s1. The Kier molecular flexibility index (Phi) is 20.5. The first-order valence-corrected chi connectivity index (χ1v) is 19.5. The van der Waals surface area contributed by atoms with Crippen molar-refractivity contribution >= 4 is 58.4 Å². The fourth-order valence-electron chi connectivity index (χ4n) is 3.15. The number of hydrogen-bond acceptors (Lipinski definition) is 13. The van der Waals surface area contributed by atoms with Gasteiger partial charge in [0.1, 0.15) is 12.0 Å². The first-order chi connectivity index (χ1) is 19.8. The van der Waals surface area contributed by atoms with Crippen LogP contribution in [0.5, 0.6) is 0 Å². The fraction of sp³-hybridized carbons (Fsp3) is 0.842. The van der Waals surface area contributed by atoms with Crippen molar-refractivity contribution in [2.45, 2.75) is 43.9 Å². The molecular formula is C19H38BN3O14P3S2. The number of urea groups is 1. The molecule has 1 heterocycles. The lowest BCUT2D eigenvalue weighted by atomic mass is 9.71. The Bertz CT molecular complexity index is 1000. The maximum atomic E-state index is 11.9. The van der Waals surface area contributed by atoms with Gasteiger partial charge in [-0.05, 0) is 32.7 Å². The molecule has 2 unspecified atom stereocenters. The van der Waals surface area contributed by atoms with Crippen molar-refractivity contribution in [1.82, 2.24) is 16.0 Å². The molecule has 243 valence electrons. The summed E-state index contributed by atoms with van der Waals surface area (Å²) in [5, 5.41) is 8.43. The first kappa shape index (κ1) is 39.9. The predicted octanol–water partition coefficient (Wildman–Crippen LogP) is 1.17. The van der Waals surface area contributed by atoms with Crippen molar-refractivity contribution in [3.63, 3.8) is 0 Å². The van der Waals surface area contributed by atoms with Crippen LogP contribution in [0.3, 0.4) is 0 Å². The van der Waals surface area contributed by atoms with Gasteiger partial charge in [-0.3, -0.25) is 4.52 Å². The monoisotopic (exact) mass is 700 g/mol. The lowest BCUT2D eigenvalue weighted by Crippen LogP contribution is -2.36. The van der Waals surface area contributed by atoms with E-state index in [2.05, 4.69) is 40.8 Å². The Morgan fingerprint density at radius 3 is 2.50 bits per heavy atom. The van der Waals surface area contributed by atoms with Crippen LogP contribution >= 0.6 is 45.1 Å². The molecular weight excluding hydrogens is 662 g/mol. The van der Waals surface area contributed by atoms with Crippen LogP contribution in [0.15, 0.2) is 0 Å². The maximum Gasteiger partial charge on any atom is 0.490 e. The number of phosphoric ester groups is 1. The van der Waals surface area contributed by atoms with E-state index in [4.69, 9.17) is 24.0 Å². The Hall–Kier alpha value is -0.155. The van der Waals surface area contributed by atoms with Crippen LogP contribution < -0.4 is 16.0 Å². The van der Waals surface area contributed by atoms with Crippen LogP contribution in [-0.4, -0.2) is 110 Å². The number of amides is 2. The second-order valence-electron chi connectivity index (χ2n) is 8.34. The third kappa shape index (κ3) is 20.7. The zero-order valence-corrected chi connectivity index (χ0v) is 27.4. The summed E-state index contributed by atoms with van der Waals surface area (Å²) in [5.41, 5.74) is 0. The van der Waals surface area contributed by atoms with E-state index in [1.165, 1.54) is 14.4 Å². The molecule has 0 saturated carbocycles. The molecule has 1 aliphatic heterocycles. The smallest absolute Gasteiger partial charge is 0.379 e. The minimum atomic E-state index is -5.62. The van der Waals surface area contributed by atoms with Crippen LogP contribution in [0.25, 0.3) is 0 Å². The van der Waals surface area contributed by atoms with E-state index in [9.17, 15) is 28.3 Å². The van der Waals surface area contributed by atoms with Gasteiger partial charge < -0.3 is 49.7 Å². The summed E-state index contributed by atoms with van der Waals surface area (Å²) >= 11 is 0. The van der Waals surface area contributed by atoms with E-state index >= 15 is 0 Å². The molecule has 1 fully saturated rings. The van der Waals surface area contributed by atoms with Gasteiger partial charge in [0.15, 0.2) is 0 Å². The molecule has 5 atom stereocenters.